The summed E-state index contributed by atoms with van der Waals surface area (Å²) in [6.45, 7) is 0. The average molecular weight is 833 g/mol. The van der Waals surface area contributed by atoms with Crippen LogP contribution in [0, 0.1) is 0 Å². The Bertz CT molecular complexity index is 3850. The van der Waals surface area contributed by atoms with Crippen molar-refractivity contribution in [3.05, 3.63) is 218 Å². The quantitative estimate of drug-likeness (QED) is 0.160. The number of benzene rings is 9. The summed E-state index contributed by atoms with van der Waals surface area (Å²) in [5.74, 6) is 2.51. The van der Waals surface area contributed by atoms with Crippen molar-refractivity contribution in [2.45, 2.75) is 0 Å². The Morgan fingerprint density at radius 1 is 0.308 bits per heavy atom. The van der Waals surface area contributed by atoms with Gasteiger partial charge in [0.1, 0.15) is 5.52 Å². The van der Waals surface area contributed by atoms with Crippen LogP contribution >= 0.6 is 0 Å². The molecule has 7 nitrogen and oxygen atoms in total. The molecule has 65 heavy (non-hydrogen) atoms. The van der Waals surface area contributed by atoms with Crippen molar-refractivity contribution in [1.82, 2.24) is 29.1 Å². The van der Waals surface area contributed by atoms with Crippen LogP contribution in [0.1, 0.15) is 0 Å². The zero-order valence-electron chi connectivity index (χ0n) is 34.9. The van der Waals surface area contributed by atoms with Crippen molar-refractivity contribution in [2.24, 2.45) is 0 Å². The standard InChI is InChI=1S/C58H36N6O/c1-4-15-38(16-5-1)55-60-56(39-17-6-2-7-18-39)62-57(61-55)40-29-33-43(34-30-40)64-51-26-13-11-22-46(51)48-36-35-47-45-21-10-12-25-50(45)63(52(47)53(48)64)42-31-27-37(28-32-42)44-23-14-24-49-54(44)65-58(59-49)41-19-8-3-9-20-41/h1-36H. The monoisotopic (exact) mass is 832 g/mol. The van der Waals surface area contributed by atoms with Gasteiger partial charge in [-0.25, -0.2) is 19.9 Å². The smallest absolute Gasteiger partial charge is 0.227 e. The fourth-order valence-corrected chi connectivity index (χ4v) is 9.40. The van der Waals surface area contributed by atoms with E-state index in [1.54, 1.807) is 0 Å². The largest absolute Gasteiger partial charge is 0.435 e. The van der Waals surface area contributed by atoms with Crippen molar-refractivity contribution in [2.75, 3.05) is 0 Å². The highest BCUT2D eigenvalue weighted by Crippen LogP contribution is 2.42. The van der Waals surface area contributed by atoms with E-state index in [-0.39, 0.29) is 0 Å². The van der Waals surface area contributed by atoms with Crippen LogP contribution in [0.25, 0.3) is 123 Å². The molecule has 0 aliphatic carbocycles. The third-order valence-corrected chi connectivity index (χ3v) is 12.4. The molecule has 0 bridgehead atoms. The van der Waals surface area contributed by atoms with Crippen LogP contribution in [0.15, 0.2) is 223 Å². The maximum absolute atomic E-state index is 6.44. The lowest BCUT2D eigenvalue weighted by atomic mass is 10.0. The van der Waals surface area contributed by atoms with E-state index in [2.05, 4.69) is 124 Å². The van der Waals surface area contributed by atoms with Crippen molar-refractivity contribution in [1.29, 1.82) is 0 Å². The maximum atomic E-state index is 6.44. The first-order valence-electron chi connectivity index (χ1n) is 21.7. The first-order chi connectivity index (χ1) is 32.2. The second kappa shape index (κ2) is 14.9. The van der Waals surface area contributed by atoms with Gasteiger partial charge in [-0.15, -0.1) is 0 Å². The second-order valence-electron chi connectivity index (χ2n) is 16.2. The zero-order chi connectivity index (χ0) is 42.8. The molecule has 0 saturated carbocycles. The highest BCUT2D eigenvalue weighted by Gasteiger charge is 2.22. The number of oxazole rings is 1. The molecule has 7 heteroatoms. The molecule has 0 unspecified atom stereocenters. The van der Waals surface area contributed by atoms with Crippen molar-refractivity contribution in [3.63, 3.8) is 0 Å². The molecule has 0 N–H and O–H groups in total. The van der Waals surface area contributed by atoms with Crippen LogP contribution in [0.4, 0.5) is 0 Å². The SMILES string of the molecule is c1ccc(-c2nc(-c3ccccc3)nc(-c3ccc(-n4c5ccccc5c5ccc6c7ccccc7n(-c7ccc(-c8cccc9nc(-c%10ccccc%10)oc89)cc7)c6c54)cc3)n2)cc1. The molecule has 13 aromatic rings. The minimum absolute atomic E-state index is 0.615. The Hall–Kier alpha value is -8.94. The lowest BCUT2D eigenvalue weighted by Gasteiger charge is -2.14. The van der Waals surface area contributed by atoms with Crippen LogP contribution in [-0.4, -0.2) is 29.1 Å². The molecule has 13 rings (SSSR count). The third kappa shape index (κ3) is 6.05. The van der Waals surface area contributed by atoms with E-state index in [9.17, 15) is 0 Å². The molecule has 0 atom stereocenters. The molecule has 0 saturated heterocycles. The van der Waals surface area contributed by atoms with Gasteiger partial charge in [0, 0.05) is 60.7 Å². The summed E-state index contributed by atoms with van der Waals surface area (Å²) in [5.41, 5.74) is 14.0. The summed E-state index contributed by atoms with van der Waals surface area (Å²) in [6.07, 6.45) is 0. The van der Waals surface area contributed by atoms with E-state index in [0.717, 1.165) is 77.9 Å². The average Bonchev–Trinajstić information content (AvgIpc) is 4.08. The fraction of sp³-hybridized carbons (Fsp3) is 0. The first-order valence-corrected chi connectivity index (χ1v) is 21.7. The summed E-state index contributed by atoms with van der Waals surface area (Å²) in [4.78, 5) is 19.8. The highest BCUT2D eigenvalue weighted by atomic mass is 16.3. The van der Waals surface area contributed by atoms with Crippen LogP contribution < -0.4 is 0 Å². The normalized spacial score (nSPS) is 11.7. The lowest BCUT2D eigenvalue weighted by Crippen LogP contribution is -2.01. The van der Waals surface area contributed by atoms with E-state index < -0.39 is 0 Å². The van der Waals surface area contributed by atoms with E-state index in [1.165, 1.54) is 21.5 Å². The Morgan fingerprint density at radius 3 is 1.25 bits per heavy atom. The molecule has 0 aliphatic heterocycles. The number of aromatic nitrogens is 6. The molecular formula is C58H36N6O. The van der Waals surface area contributed by atoms with Gasteiger partial charge in [0.25, 0.3) is 0 Å². The van der Waals surface area contributed by atoms with Gasteiger partial charge in [0.05, 0.1) is 22.1 Å². The van der Waals surface area contributed by atoms with Gasteiger partial charge in [0.15, 0.2) is 23.1 Å². The lowest BCUT2D eigenvalue weighted by molar-refractivity contribution is 0.621. The van der Waals surface area contributed by atoms with Gasteiger partial charge in [-0.05, 0) is 72.3 Å². The number of para-hydroxylation sites is 3. The molecule has 4 aromatic heterocycles. The van der Waals surface area contributed by atoms with Gasteiger partial charge in [0.2, 0.25) is 5.89 Å². The molecule has 0 fully saturated rings. The molecule has 0 spiro atoms. The predicted molar refractivity (Wildman–Crippen MR) is 263 cm³/mol. The summed E-state index contributed by atoms with van der Waals surface area (Å²) < 4.78 is 11.3. The Balaban J connectivity index is 0.974. The minimum atomic E-state index is 0.615. The molecule has 0 amide bonds. The number of rotatable bonds is 7. The van der Waals surface area contributed by atoms with Gasteiger partial charge in [-0.3, -0.25) is 0 Å². The Labute approximate surface area is 373 Å². The Morgan fingerprint density at radius 2 is 0.738 bits per heavy atom. The number of nitrogens with zero attached hydrogens (tertiary/aromatic N) is 6. The van der Waals surface area contributed by atoms with Crippen LogP contribution in [-0.2, 0) is 0 Å². The number of fused-ring (bicyclic) bond motifs is 8. The van der Waals surface area contributed by atoms with E-state index >= 15 is 0 Å². The topological polar surface area (TPSA) is 74.6 Å². The van der Waals surface area contributed by atoms with E-state index in [0.29, 0.717) is 23.4 Å². The summed E-state index contributed by atoms with van der Waals surface area (Å²) in [7, 11) is 0. The molecule has 4 heterocycles. The number of hydrogen-bond acceptors (Lipinski definition) is 5. The van der Waals surface area contributed by atoms with Crippen molar-refractivity contribution >= 4 is 54.7 Å². The minimum Gasteiger partial charge on any atom is -0.435 e. The Kier molecular flexibility index (Phi) is 8.39. The van der Waals surface area contributed by atoms with E-state index in [1.807, 2.05) is 103 Å². The molecular weight excluding hydrogens is 797 g/mol. The van der Waals surface area contributed by atoms with Gasteiger partial charge in [-0.1, -0.05) is 152 Å². The highest BCUT2D eigenvalue weighted by molar-refractivity contribution is 6.23. The molecule has 0 radical (unpaired) electrons. The van der Waals surface area contributed by atoms with E-state index in [4.69, 9.17) is 24.4 Å². The summed E-state index contributed by atoms with van der Waals surface area (Å²) >= 11 is 0. The van der Waals surface area contributed by atoms with Gasteiger partial charge in [-0.2, -0.15) is 0 Å². The molecule has 0 aliphatic rings. The fourth-order valence-electron chi connectivity index (χ4n) is 9.40. The third-order valence-electron chi connectivity index (χ3n) is 12.4. The van der Waals surface area contributed by atoms with Crippen molar-refractivity contribution < 1.29 is 4.42 Å². The summed E-state index contributed by atoms with van der Waals surface area (Å²) in [6, 6.07) is 75.8. The van der Waals surface area contributed by atoms with Crippen molar-refractivity contribution in [3.8, 4) is 68.1 Å². The van der Waals surface area contributed by atoms with Crippen LogP contribution in [0.3, 0.4) is 0 Å². The first kappa shape index (κ1) is 36.7. The number of hydrogen-bond donors (Lipinski definition) is 0. The molecule has 304 valence electrons. The summed E-state index contributed by atoms with van der Waals surface area (Å²) in [5, 5.41) is 4.75. The van der Waals surface area contributed by atoms with Gasteiger partial charge >= 0.3 is 0 Å². The maximum Gasteiger partial charge on any atom is 0.227 e. The predicted octanol–water partition coefficient (Wildman–Crippen LogP) is 14.5. The van der Waals surface area contributed by atoms with Crippen LogP contribution in [0.2, 0.25) is 0 Å². The zero-order valence-corrected chi connectivity index (χ0v) is 34.9. The van der Waals surface area contributed by atoms with Gasteiger partial charge < -0.3 is 13.6 Å². The molecule has 9 aromatic carbocycles. The second-order valence-corrected chi connectivity index (χ2v) is 16.2. The van der Waals surface area contributed by atoms with Crippen LogP contribution in [0.5, 0.6) is 0 Å².